The summed E-state index contributed by atoms with van der Waals surface area (Å²) in [5.74, 6) is 2.29. The molecule has 1 heteroatoms. The number of nitrogens with two attached hydrogens (primary N) is 1. The SMILES string of the molecule is CC(C)Cc1cccc(C(N)C2CCC(C)CC2)c1. The van der Waals surface area contributed by atoms with Crippen LogP contribution in [0.25, 0.3) is 0 Å². The Kier molecular flexibility index (Phi) is 5.04. The van der Waals surface area contributed by atoms with Gasteiger partial charge in [0, 0.05) is 6.04 Å². The van der Waals surface area contributed by atoms with Crippen molar-refractivity contribution in [2.75, 3.05) is 0 Å². The molecule has 1 unspecified atom stereocenters. The van der Waals surface area contributed by atoms with Gasteiger partial charge < -0.3 is 5.73 Å². The molecule has 1 aromatic carbocycles. The maximum Gasteiger partial charge on any atom is 0.0323 e. The van der Waals surface area contributed by atoms with Crippen molar-refractivity contribution in [1.29, 1.82) is 0 Å². The van der Waals surface area contributed by atoms with E-state index < -0.39 is 0 Å². The van der Waals surface area contributed by atoms with Crippen LogP contribution in [-0.2, 0) is 6.42 Å². The Morgan fingerprint density at radius 2 is 1.84 bits per heavy atom. The van der Waals surface area contributed by atoms with Gasteiger partial charge in [0.05, 0.1) is 0 Å². The van der Waals surface area contributed by atoms with Crippen molar-refractivity contribution in [1.82, 2.24) is 0 Å². The van der Waals surface area contributed by atoms with Gasteiger partial charge in [0.1, 0.15) is 0 Å². The van der Waals surface area contributed by atoms with Gasteiger partial charge in [0.15, 0.2) is 0 Å². The van der Waals surface area contributed by atoms with E-state index in [0.717, 1.165) is 12.3 Å². The van der Waals surface area contributed by atoms with Gasteiger partial charge >= 0.3 is 0 Å². The van der Waals surface area contributed by atoms with Gasteiger partial charge in [-0.3, -0.25) is 0 Å². The standard InChI is InChI=1S/C18H29N/c1-13(2)11-15-5-4-6-17(12-15)18(19)16-9-7-14(3)8-10-16/h4-6,12-14,16,18H,7-11,19H2,1-3H3. The smallest absolute Gasteiger partial charge is 0.0323 e. The highest BCUT2D eigenvalue weighted by molar-refractivity contribution is 5.26. The van der Waals surface area contributed by atoms with Crippen LogP contribution < -0.4 is 5.73 Å². The van der Waals surface area contributed by atoms with Gasteiger partial charge in [-0.25, -0.2) is 0 Å². The lowest BCUT2D eigenvalue weighted by Crippen LogP contribution is -2.25. The lowest BCUT2D eigenvalue weighted by Gasteiger charge is -2.31. The van der Waals surface area contributed by atoms with Crippen LogP contribution in [0.2, 0.25) is 0 Å². The molecule has 0 aromatic heterocycles. The maximum absolute atomic E-state index is 6.51. The lowest BCUT2D eigenvalue weighted by atomic mass is 9.77. The van der Waals surface area contributed by atoms with Gasteiger partial charge in [-0.15, -0.1) is 0 Å². The third-order valence-corrected chi connectivity index (χ3v) is 4.55. The summed E-state index contributed by atoms with van der Waals surface area (Å²) in [6.45, 7) is 6.91. The molecular weight excluding hydrogens is 230 g/mol. The van der Waals surface area contributed by atoms with Gasteiger partial charge in [0.2, 0.25) is 0 Å². The largest absolute Gasteiger partial charge is 0.324 e. The van der Waals surface area contributed by atoms with Crippen molar-refractivity contribution in [2.45, 2.75) is 58.9 Å². The predicted octanol–water partition coefficient (Wildman–Crippen LogP) is 4.71. The van der Waals surface area contributed by atoms with Crippen molar-refractivity contribution in [3.05, 3.63) is 35.4 Å². The van der Waals surface area contributed by atoms with Gasteiger partial charge in [-0.2, -0.15) is 0 Å². The maximum atomic E-state index is 6.51. The lowest BCUT2D eigenvalue weighted by molar-refractivity contribution is 0.256. The zero-order chi connectivity index (χ0) is 13.8. The van der Waals surface area contributed by atoms with Crippen LogP contribution in [0.15, 0.2) is 24.3 Å². The molecule has 2 N–H and O–H groups in total. The highest BCUT2D eigenvalue weighted by atomic mass is 14.7. The molecule has 1 aliphatic carbocycles. The van der Waals surface area contributed by atoms with Crippen molar-refractivity contribution >= 4 is 0 Å². The van der Waals surface area contributed by atoms with Crippen molar-refractivity contribution in [3.8, 4) is 0 Å². The first-order valence-electron chi connectivity index (χ1n) is 7.90. The molecule has 106 valence electrons. The van der Waals surface area contributed by atoms with E-state index >= 15 is 0 Å². The fourth-order valence-corrected chi connectivity index (χ4v) is 3.32. The van der Waals surface area contributed by atoms with E-state index in [1.807, 2.05) is 0 Å². The second kappa shape index (κ2) is 6.56. The van der Waals surface area contributed by atoms with E-state index in [2.05, 4.69) is 45.0 Å². The quantitative estimate of drug-likeness (QED) is 0.832. The number of rotatable bonds is 4. The minimum absolute atomic E-state index is 0.236. The minimum atomic E-state index is 0.236. The number of hydrogen-bond donors (Lipinski definition) is 1. The summed E-state index contributed by atoms with van der Waals surface area (Å²) in [6.07, 6.45) is 6.46. The second-order valence-electron chi connectivity index (χ2n) is 6.89. The fraction of sp³-hybridized carbons (Fsp3) is 0.667. The molecule has 0 aliphatic heterocycles. The average Bonchev–Trinajstić information content (AvgIpc) is 2.38. The molecule has 19 heavy (non-hydrogen) atoms. The van der Waals surface area contributed by atoms with Crippen molar-refractivity contribution < 1.29 is 0 Å². The summed E-state index contributed by atoms with van der Waals surface area (Å²) in [6, 6.07) is 9.20. The van der Waals surface area contributed by atoms with E-state index in [0.29, 0.717) is 11.8 Å². The molecule has 1 aromatic rings. The molecule has 1 atom stereocenters. The van der Waals surface area contributed by atoms with Crippen LogP contribution in [0.1, 0.15) is 63.6 Å². The molecule has 1 aliphatic rings. The summed E-state index contributed by atoms with van der Waals surface area (Å²) in [5.41, 5.74) is 9.30. The molecule has 0 spiro atoms. The first-order valence-corrected chi connectivity index (χ1v) is 7.90. The Morgan fingerprint density at radius 1 is 1.16 bits per heavy atom. The van der Waals surface area contributed by atoms with Crippen LogP contribution in [0.4, 0.5) is 0 Å². The van der Waals surface area contributed by atoms with Gasteiger partial charge in [0.25, 0.3) is 0 Å². The summed E-state index contributed by atoms with van der Waals surface area (Å²) >= 11 is 0. The van der Waals surface area contributed by atoms with E-state index in [9.17, 15) is 0 Å². The highest BCUT2D eigenvalue weighted by Crippen LogP contribution is 2.35. The fourth-order valence-electron chi connectivity index (χ4n) is 3.32. The molecule has 0 saturated heterocycles. The van der Waals surface area contributed by atoms with Crippen LogP contribution in [0, 0.1) is 17.8 Å². The third-order valence-electron chi connectivity index (χ3n) is 4.55. The van der Waals surface area contributed by atoms with Crippen LogP contribution in [0.5, 0.6) is 0 Å². The van der Waals surface area contributed by atoms with Crippen LogP contribution in [0.3, 0.4) is 0 Å². The average molecular weight is 259 g/mol. The van der Waals surface area contributed by atoms with Crippen molar-refractivity contribution in [2.24, 2.45) is 23.5 Å². The first kappa shape index (κ1) is 14.6. The summed E-state index contributed by atoms with van der Waals surface area (Å²) in [7, 11) is 0. The summed E-state index contributed by atoms with van der Waals surface area (Å²) in [5, 5.41) is 0. The van der Waals surface area contributed by atoms with E-state index in [4.69, 9.17) is 5.73 Å². The summed E-state index contributed by atoms with van der Waals surface area (Å²) < 4.78 is 0. The second-order valence-corrected chi connectivity index (χ2v) is 6.89. The van der Waals surface area contributed by atoms with Crippen LogP contribution in [-0.4, -0.2) is 0 Å². The summed E-state index contributed by atoms with van der Waals surface area (Å²) in [4.78, 5) is 0. The van der Waals surface area contributed by atoms with Crippen LogP contribution >= 0.6 is 0 Å². The molecule has 0 amide bonds. The zero-order valence-corrected chi connectivity index (χ0v) is 12.7. The number of benzene rings is 1. The monoisotopic (exact) mass is 259 g/mol. The molecule has 0 heterocycles. The van der Waals surface area contributed by atoms with E-state index in [-0.39, 0.29) is 6.04 Å². The topological polar surface area (TPSA) is 26.0 Å². The predicted molar refractivity (Wildman–Crippen MR) is 83.0 cm³/mol. The normalized spacial score (nSPS) is 25.5. The number of hydrogen-bond acceptors (Lipinski definition) is 1. The molecule has 1 nitrogen and oxygen atoms in total. The van der Waals surface area contributed by atoms with Crippen molar-refractivity contribution in [3.63, 3.8) is 0 Å². The Labute approximate surface area is 118 Å². The molecular formula is C18H29N. The Morgan fingerprint density at radius 3 is 2.47 bits per heavy atom. The molecule has 0 radical (unpaired) electrons. The van der Waals surface area contributed by atoms with Gasteiger partial charge in [-0.05, 0) is 48.1 Å². The molecule has 1 saturated carbocycles. The first-order chi connectivity index (χ1) is 9.06. The third kappa shape index (κ3) is 4.07. The van der Waals surface area contributed by atoms with E-state index in [1.54, 1.807) is 0 Å². The minimum Gasteiger partial charge on any atom is -0.324 e. The van der Waals surface area contributed by atoms with Gasteiger partial charge in [-0.1, -0.05) is 57.9 Å². The molecule has 0 bridgehead atoms. The molecule has 2 rings (SSSR count). The Bertz CT molecular complexity index is 388. The highest BCUT2D eigenvalue weighted by Gasteiger charge is 2.24. The Balaban J connectivity index is 2.04. The Hall–Kier alpha value is -0.820. The van der Waals surface area contributed by atoms with E-state index in [1.165, 1.54) is 36.8 Å². The molecule has 1 fully saturated rings. The zero-order valence-electron chi connectivity index (χ0n) is 12.7.